The van der Waals surface area contributed by atoms with Gasteiger partial charge in [-0.15, -0.1) is 0 Å². The summed E-state index contributed by atoms with van der Waals surface area (Å²) in [4.78, 5) is 9.06. The van der Waals surface area contributed by atoms with Crippen LogP contribution in [0.5, 0.6) is 11.5 Å². The zero-order valence-electron chi connectivity index (χ0n) is 16.9. The normalized spacial score (nSPS) is 16.4. The van der Waals surface area contributed by atoms with Crippen molar-refractivity contribution in [2.75, 3.05) is 54.5 Å². The fourth-order valence-corrected chi connectivity index (χ4v) is 3.31. The first-order valence-corrected chi connectivity index (χ1v) is 9.42. The van der Waals surface area contributed by atoms with Gasteiger partial charge in [-0.1, -0.05) is 6.92 Å². The van der Waals surface area contributed by atoms with Crippen molar-refractivity contribution in [1.29, 1.82) is 0 Å². The molecule has 2 rings (SSSR count). The van der Waals surface area contributed by atoms with E-state index in [2.05, 4.69) is 27.0 Å². The molecule has 0 atom stereocenters. The SMILES string of the molecule is CN=C(NCCN1CCC(C)CC1)N(C)Cc1ccc(OC)cc1OC. The number of benzene rings is 1. The van der Waals surface area contributed by atoms with E-state index in [9.17, 15) is 0 Å². The van der Waals surface area contributed by atoms with Gasteiger partial charge in [-0.2, -0.15) is 0 Å². The number of aliphatic imine (C=N–C) groups is 1. The smallest absolute Gasteiger partial charge is 0.193 e. The average Bonchev–Trinajstić information content (AvgIpc) is 2.66. The molecule has 0 unspecified atom stereocenters. The Labute approximate surface area is 158 Å². The summed E-state index contributed by atoms with van der Waals surface area (Å²) in [6.45, 7) is 7.45. The Balaban J connectivity index is 1.85. The highest BCUT2D eigenvalue weighted by molar-refractivity contribution is 5.79. The molecule has 26 heavy (non-hydrogen) atoms. The standard InChI is InChI=1S/C20H34N4O2/c1-16-8-11-24(12-9-16)13-10-22-20(21-2)23(3)15-17-6-7-18(25-4)14-19(17)26-5/h6-7,14,16H,8-13,15H2,1-5H3,(H,21,22). The number of methoxy groups -OCH3 is 2. The molecule has 0 aliphatic carbocycles. The van der Waals surface area contributed by atoms with E-state index in [1.54, 1.807) is 14.2 Å². The molecule has 0 spiro atoms. The van der Waals surface area contributed by atoms with Crippen LogP contribution in [0.1, 0.15) is 25.3 Å². The number of nitrogens with zero attached hydrogens (tertiary/aromatic N) is 3. The van der Waals surface area contributed by atoms with Gasteiger partial charge in [0.2, 0.25) is 0 Å². The fraction of sp³-hybridized carbons (Fsp3) is 0.650. The van der Waals surface area contributed by atoms with Crippen molar-refractivity contribution in [3.8, 4) is 11.5 Å². The lowest BCUT2D eigenvalue weighted by Gasteiger charge is -2.30. The summed E-state index contributed by atoms with van der Waals surface area (Å²) < 4.78 is 10.8. The van der Waals surface area contributed by atoms with Crippen LogP contribution in [-0.4, -0.2) is 70.3 Å². The molecule has 1 heterocycles. The summed E-state index contributed by atoms with van der Waals surface area (Å²) in [5.74, 6) is 3.39. The maximum absolute atomic E-state index is 5.50. The molecule has 1 aromatic carbocycles. The minimum Gasteiger partial charge on any atom is -0.497 e. The molecular formula is C20H34N4O2. The second-order valence-corrected chi connectivity index (χ2v) is 7.03. The number of hydrogen-bond donors (Lipinski definition) is 1. The molecule has 1 aliphatic rings. The van der Waals surface area contributed by atoms with Crippen LogP contribution in [0, 0.1) is 5.92 Å². The molecule has 0 bridgehead atoms. The predicted molar refractivity (Wildman–Crippen MR) is 107 cm³/mol. The number of hydrogen-bond acceptors (Lipinski definition) is 4. The zero-order valence-corrected chi connectivity index (χ0v) is 16.9. The number of ether oxygens (including phenoxy) is 2. The van der Waals surface area contributed by atoms with Gasteiger partial charge in [0.15, 0.2) is 5.96 Å². The van der Waals surface area contributed by atoms with Crippen molar-refractivity contribution in [2.24, 2.45) is 10.9 Å². The van der Waals surface area contributed by atoms with Gasteiger partial charge in [-0.25, -0.2) is 0 Å². The van der Waals surface area contributed by atoms with E-state index >= 15 is 0 Å². The lowest BCUT2D eigenvalue weighted by atomic mass is 9.99. The third-order valence-corrected chi connectivity index (χ3v) is 5.06. The number of piperidine rings is 1. The Morgan fingerprint density at radius 3 is 2.62 bits per heavy atom. The van der Waals surface area contributed by atoms with Crippen LogP contribution >= 0.6 is 0 Å². The van der Waals surface area contributed by atoms with Crippen molar-refractivity contribution in [3.63, 3.8) is 0 Å². The Morgan fingerprint density at radius 1 is 1.27 bits per heavy atom. The van der Waals surface area contributed by atoms with Crippen molar-refractivity contribution >= 4 is 5.96 Å². The molecule has 0 saturated carbocycles. The Bertz CT molecular complexity index is 583. The first kappa shape index (κ1) is 20.4. The van der Waals surface area contributed by atoms with Gasteiger partial charge in [0.25, 0.3) is 0 Å². The average molecular weight is 363 g/mol. The lowest BCUT2D eigenvalue weighted by Crippen LogP contribution is -2.43. The summed E-state index contributed by atoms with van der Waals surface area (Å²) in [6, 6.07) is 5.91. The van der Waals surface area contributed by atoms with Crippen molar-refractivity contribution in [2.45, 2.75) is 26.3 Å². The van der Waals surface area contributed by atoms with Crippen LogP contribution in [0.2, 0.25) is 0 Å². The van der Waals surface area contributed by atoms with Crippen molar-refractivity contribution in [3.05, 3.63) is 23.8 Å². The van der Waals surface area contributed by atoms with E-state index in [0.717, 1.165) is 42.0 Å². The second kappa shape index (κ2) is 10.3. The van der Waals surface area contributed by atoms with Gasteiger partial charge < -0.3 is 24.6 Å². The van der Waals surface area contributed by atoms with Crippen LogP contribution in [-0.2, 0) is 6.54 Å². The van der Waals surface area contributed by atoms with E-state index < -0.39 is 0 Å². The maximum atomic E-state index is 5.50. The molecule has 1 saturated heterocycles. The van der Waals surface area contributed by atoms with Gasteiger partial charge in [0.1, 0.15) is 11.5 Å². The molecule has 1 aliphatic heterocycles. The third kappa shape index (κ3) is 5.80. The van der Waals surface area contributed by atoms with Crippen LogP contribution in [0.15, 0.2) is 23.2 Å². The summed E-state index contributed by atoms with van der Waals surface area (Å²) >= 11 is 0. The minimum absolute atomic E-state index is 0.716. The third-order valence-electron chi connectivity index (χ3n) is 5.06. The van der Waals surface area contributed by atoms with Crippen molar-refractivity contribution in [1.82, 2.24) is 15.1 Å². The summed E-state index contributed by atoms with van der Waals surface area (Å²) in [5, 5.41) is 3.48. The Hall–Kier alpha value is -1.95. The van der Waals surface area contributed by atoms with E-state index in [-0.39, 0.29) is 0 Å². The maximum Gasteiger partial charge on any atom is 0.193 e. The topological polar surface area (TPSA) is 49.3 Å². The van der Waals surface area contributed by atoms with Crippen LogP contribution in [0.25, 0.3) is 0 Å². The molecule has 1 fully saturated rings. The summed E-state index contributed by atoms with van der Waals surface area (Å²) in [6.07, 6.45) is 2.62. The van der Waals surface area contributed by atoms with E-state index in [4.69, 9.17) is 9.47 Å². The van der Waals surface area contributed by atoms with E-state index in [0.29, 0.717) is 6.54 Å². The van der Waals surface area contributed by atoms with Crippen LogP contribution in [0.4, 0.5) is 0 Å². The first-order chi connectivity index (χ1) is 12.6. The lowest BCUT2D eigenvalue weighted by molar-refractivity contribution is 0.195. The molecule has 1 aromatic rings. The summed E-state index contributed by atoms with van der Waals surface area (Å²) in [5.41, 5.74) is 1.10. The van der Waals surface area contributed by atoms with Crippen LogP contribution < -0.4 is 14.8 Å². The molecular weight excluding hydrogens is 328 g/mol. The molecule has 6 nitrogen and oxygen atoms in total. The molecule has 146 valence electrons. The van der Waals surface area contributed by atoms with E-state index in [1.165, 1.54) is 25.9 Å². The van der Waals surface area contributed by atoms with Crippen LogP contribution in [0.3, 0.4) is 0 Å². The first-order valence-electron chi connectivity index (χ1n) is 9.42. The highest BCUT2D eigenvalue weighted by atomic mass is 16.5. The van der Waals surface area contributed by atoms with Gasteiger partial charge in [-0.3, -0.25) is 4.99 Å². The summed E-state index contributed by atoms with van der Waals surface area (Å²) in [7, 11) is 7.22. The second-order valence-electron chi connectivity index (χ2n) is 7.03. The highest BCUT2D eigenvalue weighted by Crippen LogP contribution is 2.25. The van der Waals surface area contributed by atoms with Gasteiger partial charge >= 0.3 is 0 Å². The number of rotatable bonds is 7. The van der Waals surface area contributed by atoms with Gasteiger partial charge in [0, 0.05) is 45.4 Å². The molecule has 0 amide bonds. The quantitative estimate of drug-likeness (QED) is 0.596. The number of guanidine groups is 1. The Morgan fingerprint density at radius 2 is 2.00 bits per heavy atom. The monoisotopic (exact) mass is 362 g/mol. The fourth-order valence-electron chi connectivity index (χ4n) is 3.31. The Kier molecular flexibility index (Phi) is 8.04. The number of nitrogens with one attached hydrogen (secondary N) is 1. The van der Waals surface area contributed by atoms with Gasteiger partial charge in [-0.05, 0) is 44.0 Å². The highest BCUT2D eigenvalue weighted by Gasteiger charge is 2.16. The molecule has 0 aromatic heterocycles. The molecule has 6 heteroatoms. The number of likely N-dealkylation sites (tertiary alicyclic amines) is 1. The molecule has 0 radical (unpaired) electrons. The van der Waals surface area contributed by atoms with Gasteiger partial charge in [0.05, 0.1) is 14.2 Å². The van der Waals surface area contributed by atoms with Crippen molar-refractivity contribution < 1.29 is 9.47 Å². The predicted octanol–water partition coefficient (Wildman–Crippen LogP) is 2.44. The zero-order chi connectivity index (χ0) is 18.9. The molecule has 1 N–H and O–H groups in total. The minimum atomic E-state index is 0.716. The largest absolute Gasteiger partial charge is 0.497 e. The van der Waals surface area contributed by atoms with E-state index in [1.807, 2.05) is 32.3 Å².